The van der Waals surface area contributed by atoms with E-state index in [4.69, 9.17) is 9.47 Å². The van der Waals surface area contributed by atoms with Crippen molar-refractivity contribution >= 4 is 15.6 Å². The van der Waals surface area contributed by atoms with Gasteiger partial charge in [0.2, 0.25) is 5.79 Å². The Balaban J connectivity index is 2.06. The summed E-state index contributed by atoms with van der Waals surface area (Å²) < 4.78 is 37.5. The first-order valence-electron chi connectivity index (χ1n) is 7.54. The van der Waals surface area contributed by atoms with Crippen molar-refractivity contribution in [2.75, 3.05) is 0 Å². The van der Waals surface area contributed by atoms with Gasteiger partial charge >= 0.3 is 0 Å². The lowest BCUT2D eigenvalue weighted by molar-refractivity contribution is -0.244. The number of carbonyl (C=O) groups excluding carboxylic acids is 1. The van der Waals surface area contributed by atoms with Gasteiger partial charge in [-0.2, -0.15) is 0 Å². The van der Waals surface area contributed by atoms with Crippen molar-refractivity contribution in [3.05, 3.63) is 30.3 Å². The van der Waals surface area contributed by atoms with Crippen LogP contribution in [-0.2, 0) is 24.1 Å². The lowest BCUT2D eigenvalue weighted by Crippen LogP contribution is -2.56. The zero-order valence-corrected chi connectivity index (χ0v) is 13.5. The van der Waals surface area contributed by atoms with Gasteiger partial charge in [-0.25, -0.2) is 8.42 Å². The summed E-state index contributed by atoms with van der Waals surface area (Å²) in [6.07, 6.45) is 0.607. The van der Waals surface area contributed by atoms with E-state index in [2.05, 4.69) is 0 Å². The highest BCUT2D eigenvalue weighted by molar-refractivity contribution is 7.92. The third kappa shape index (κ3) is 2.39. The van der Waals surface area contributed by atoms with Crippen LogP contribution in [0.25, 0.3) is 0 Å². The molecule has 0 bridgehead atoms. The van der Waals surface area contributed by atoms with Crippen LogP contribution in [0.2, 0.25) is 0 Å². The minimum atomic E-state index is -3.71. The largest absolute Gasteiger partial charge is 0.340 e. The van der Waals surface area contributed by atoms with Crippen molar-refractivity contribution in [3.63, 3.8) is 0 Å². The Morgan fingerprint density at radius 2 is 1.73 bits per heavy atom. The molecule has 4 atom stereocenters. The van der Waals surface area contributed by atoms with Gasteiger partial charge in [-0.3, -0.25) is 4.79 Å². The van der Waals surface area contributed by atoms with Crippen molar-refractivity contribution in [2.24, 2.45) is 0 Å². The lowest BCUT2D eigenvalue weighted by atomic mass is 9.97. The molecular weight excluding hydrogens is 304 g/mol. The number of benzene rings is 1. The average Bonchev–Trinajstić information content (AvgIpc) is 2.82. The maximum atomic E-state index is 13.0. The Labute approximate surface area is 130 Å². The van der Waals surface area contributed by atoms with Gasteiger partial charge in [0.05, 0.1) is 17.1 Å². The fraction of sp³-hybridized carbons (Fsp3) is 0.562. The molecule has 2 fully saturated rings. The molecule has 5 nitrogen and oxygen atoms in total. The molecule has 22 heavy (non-hydrogen) atoms. The Morgan fingerprint density at radius 3 is 2.41 bits per heavy atom. The molecule has 1 spiro atoms. The molecule has 1 aromatic rings. The topological polar surface area (TPSA) is 69.7 Å². The molecule has 2 saturated heterocycles. The minimum Gasteiger partial charge on any atom is -0.340 e. The number of rotatable bonds is 2. The summed E-state index contributed by atoms with van der Waals surface area (Å²) in [4.78, 5) is 12.7. The first-order chi connectivity index (χ1) is 10.4. The molecular formula is C16H20O5S. The van der Waals surface area contributed by atoms with Crippen LogP contribution in [0.5, 0.6) is 0 Å². The normalized spacial score (nSPS) is 35.9. The summed E-state index contributed by atoms with van der Waals surface area (Å²) >= 11 is 0. The number of hydrogen-bond donors (Lipinski definition) is 0. The fourth-order valence-electron chi connectivity index (χ4n) is 3.27. The molecule has 0 N–H and O–H groups in total. The SMILES string of the molecule is C[C@H]1CCC(=O)C2(O1)O[C@@H](C)C[C@@H]2S(=O)(=O)c1ccccc1. The highest BCUT2D eigenvalue weighted by Gasteiger charge is 2.61. The van der Waals surface area contributed by atoms with Gasteiger partial charge in [0, 0.05) is 6.42 Å². The van der Waals surface area contributed by atoms with Crippen molar-refractivity contribution < 1.29 is 22.7 Å². The molecule has 1 unspecified atom stereocenters. The fourth-order valence-corrected chi connectivity index (χ4v) is 5.31. The van der Waals surface area contributed by atoms with E-state index >= 15 is 0 Å². The molecule has 2 aliphatic rings. The third-order valence-corrected chi connectivity index (χ3v) is 6.52. The van der Waals surface area contributed by atoms with Gasteiger partial charge in [-0.1, -0.05) is 18.2 Å². The van der Waals surface area contributed by atoms with E-state index in [1.54, 1.807) is 37.3 Å². The van der Waals surface area contributed by atoms with E-state index in [-0.39, 0.29) is 35.7 Å². The predicted molar refractivity (Wildman–Crippen MR) is 80.1 cm³/mol. The highest BCUT2D eigenvalue weighted by atomic mass is 32.2. The number of hydrogen-bond acceptors (Lipinski definition) is 5. The zero-order valence-electron chi connectivity index (χ0n) is 12.7. The van der Waals surface area contributed by atoms with Crippen molar-refractivity contribution in [1.29, 1.82) is 0 Å². The van der Waals surface area contributed by atoms with E-state index < -0.39 is 20.9 Å². The van der Waals surface area contributed by atoms with Crippen molar-refractivity contribution in [1.82, 2.24) is 0 Å². The van der Waals surface area contributed by atoms with Gasteiger partial charge in [-0.15, -0.1) is 0 Å². The Bertz CT molecular complexity index is 669. The van der Waals surface area contributed by atoms with Crippen molar-refractivity contribution in [2.45, 2.75) is 61.3 Å². The summed E-state index contributed by atoms with van der Waals surface area (Å²) in [5, 5.41) is -0.993. The van der Waals surface area contributed by atoms with E-state index in [1.807, 2.05) is 6.92 Å². The first kappa shape index (κ1) is 15.6. The molecule has 0 aliphatic carbocycles. The standard InChI is InChI=1S/C16H20O5S/c1-11-8-9-14(17)16(20-11)15(10-12(2)21-16)22(18,19)13-6-4-3-5-7-13/h3-7,11-12,15H,8-10H2,1-2H3/t11-,12-,15-,16?/m0/s1. The Hall–Kier alpha value is -1.24. The van der Waals surface area contributed by atoms with E-state index in [1.165, 1.54) is 0 Å². The molecule has 2 aliphatic heterocycles. The molecule has 6 heteroatoms. The molecule has 120 valence electrons. The van der Waals surface area contributed by atoms with Crippen LogP contribution < -0.4 is 0 Å². The lowest BCUT2D eigenvalue weighted by Gasteiger charge is -2.38. The third-order valence-electron chi connectivity index (χ3n) is 4.34. The summed E-state index contributed by atoms with van der Waals surface area (Å²) in [7, 11) is -3.71. The van der Waals surface area contributed by atoms with E-state index in [0.29, 0.717) is 6.42 Å². The maximum Gasteiger partial charge on any atom is 0.247 e. The first-order valence-corrected chi connectivity index (χ1v) is 9.09. The number of ketones is 1. The summed E-state index contributed by atoms with van der Waals surface area (Å²) in [6, 6.07) is 8.19. The number of carbonyl (C=O) groups is 1. The number of sulfone groups is 1. The van der Waals surface area contributed by atoms with Gasteiger partial charge < -0.3 is 9.47 Å². The second-order valence-corrected chi connectivity index (χ2v) is 8.20. The molecule has 2 heterocycles. The molecule has 0 saturated carbocycles. The second kappa shape index (κ2) is 5.44. The van der Waals surface area contributed by atoms with Crippen LogP contribution >= 0.6 is 0 Å². The predicted octanol–water partition coefficient (Wildman–Crippen LogP) is 2.10. The van der Waals surface area contributed by atoms with Crippen LogP contribution in [0.1, 0.15) is 33.1 Å². The Kier molecular flexibility index (Phi) is 3.87. The maximum absolute atomic E-state index is 13.0. The molecule has 1 aromatic carbocycles. The molecule has 3 rings (SSSR count). The Morgan fingerprint density at radius 1 is 1.09 bits per heavy atom. The average molecular weight is 324 g/mol. The zero-order chi connectivity index (χ0) is 16.0. The molecule has 0 amide bonds. The second-order valence-electron chi connectivity index (χ2n) is 6.07. The summed E-state index contributed by atoms with van der Waals surface area (Å²) in [5.41, 5.74) is 0. The van der Waals surface area contributed by atoms with Crippen LogP contribution in [-0.4, -0.2) is 37.4 Å². The highest BCUT2D eigenvalue weighted by Crippen LogP contribution is 2.43. The van der Waals surface area contributed by atoms with Gasteiger partial charge in [0.25, 0.3) is 0 Å². The molecule has 0 radical (unpaired) electrons. The number of ether oxygens (including phenoxy) is 2. The smallest absolute Gasteiger partial charge is 0.247 e. The van der Waals surface area contributed by atoms with Gasteiger partial charge in [0.1, 0.15) is 5.25 Å². The van der Waals surface area contributed by atoms with Gasteiger partial charge in [0.15, 0.2) is 15.6 Å². The van der Waals surface area contributed by atoms with E-state index in [0.717, 1.165) is 0 Å². The van der Waals surface area contributed by atoms with Gasteiger partial charge in [-0.05, 0) is 38.8 Å². The van der Waals surface area contributed by atoms with E-state index in [9.17, 15) is 13.2 Å². The van der Waals surface area contributed by atoms with Crippen molar-refractivity contribution in [3.8, 4) is 0 Å². The quantitative estimate of drug-likeness (QED) is 0.833. The van der Waals surface area contributed by atoms with Crippen LogP contribution in [0.15, 0.2) is 35.2 Å². The summed E-state index contributed by atoms with van der Waals surface area (Å²) in [6.45, 7) is 3.62. The monoisotopic (exact) mass is 324 g/mol. The number of Topliss-reactive ketones (excluding diaryl/α,β-unsaturated/α-hetero) is 1. The summed E-state index contributed by atoms with van der Waals surface area (Å²) in [5.74, 6) is -1.91. The minimum absolute atomic E-state index is 0.198. The van der Waals surface area contributed by atoms with Crippen LogP contribution in [0.4, 0.5) is 0 Å². The van der Waals surface area contributed by atoms with Crippen LogP contribution in [0, 0.1) is 0 Å². The van der Waals surface area contributed by atoms with Crippen LogP contribution in [0.3, 0.4) is 0 Å². The molecule has 0 aromatic heterocycles.